The number of nitrogens with zero attached hydrogens (tertiary/aromatic N) is 1. The van der Waals surface area contributed by atoms with Crippen molar-refractivity contribution in [2.75, 3.05) is 11.9 Å². The number of esters is 1. The van der Waals surface area contributed by atoms with Crippen molar-refractivity contribution in [1.29, 1.82) is 0 Å². The molecule has 0 aliphatic carbocycles. The van der Waals surface area contributed by atoms with Gasteiger partial charge in [0.05, 0.1) is 11.5 Å². The summed E-state index contributed by atoms with van der Waals surface area (Å²) in [7, 11) is 0. The van der Waals surface area contributed by atoms with E-state index < -0.39 is 16.8 Å². The smallest absolute Gasteiger partial charge is 0.341 e. The monoisotopic (exact) mass is 514 g/mol. The van der Waals surface area contributed by atoms with Crippen LogP contribution in [0.4, 0.5) is 10.7 Å². The Kier molecular flexibility index (Phi) is 6.06. The van der Waals surface area contributed by atoms with Crippen LogP contribution < -0.4 is 5.32 Å². The zero-order valence-corrected chi connectivity index (χ0v) is 19.0. The number of hydrogen-bond donors (Lipinski definition) is 1. The molecule has 4 aromatic rings. The first-order valence-electron chi connectivity index (χ1n) is 9.41. The molecule has 0 saturated carbocycles. The lowest BCUT2D eigenvalue weighted by atomic mass is 10.0. The van der Waals surface area contributed by atoms with Gasteiger partial charge in [-0.15, -0.1) is 11.3 Å². The number of thiophene rings is 1. The molecular formula is C22H15BrN2O6S. The molecule has 0 saturated heterocycles. The Bertz CT molecular complexity index is 1360. The first kappa shape index (κ1) is 21.7. The van der Waals surface area contributed by atoms with Crippen LogP contribution in [0.15, 0.2) is 62.8 Å². The van der Waals surface area contributed by atoms with Crippen LogP contribution in [0.25, 0.3) is 22.1 Å². The van der Waals surface area contributed by atoms with Crippen molar-refractivity contribution < 1.29 is 23.7 Å². The fourth-order valence-electron chi connectivity index (χ4n) is 3.15. The maximum atomic E-state index is 12.8. The minimum atomic E-state index is -0.640. The molecule has 10 heteroatoms. The van der Waals surface area contributed by atoms with Crippen LogP contribution in [0.3, 0.4) is 0 Å². The van der Waals surface area contributed by atoms with E-state index in [1.807, 2.05) is 6.07 Å². The van der Waals surface area contributed by atoms with E-state index in [1.54, 1.807) is 36.6 Å². The standard InChI is InChI=1S/C22H15BrN2O6S/c1-2-30-22(27)19-16(12-4-3-5-15(9-12)25(28)29)11-32-21(19)24-20(26)18-10-13-8-14(23)6-7-17(13)31-18/h3-11H,2H2,1H3,(H,24,26). The molecule has 4 rings (SSSR count). The summed E-state index contributed by atoms with van der Waals surface area (Å²) in [5, 5.41) is 16.5. The SMILES string of the molecule is CCOC(=O)c1c(-c2cccc([N+](=O)[O-])c2)csc1NC(=O)c1cc2cc(Br)ccc2o1. The van der Waals surface area contributed by atoms with Gasteiger partial charge in [-0.3, -0.25) is 14.9 Å². The molecule has 0 atom stereocenters. The predicted molar refractivity (Wildman–Crippen MR) is 124 cm³/mol. The number of benzene rings is 2. The summed E-state index contributed by atoms with van der Waals surface area (Å²) < 4.78 is 11.6. The molecule has 2 heterocycles. The van der Waals surface area contributed by atoms with Gasteiger partial charge >= 0.3 is 5.97 Å². The van der Waals surface area contributed by atoms with Crippen LogP contribution in [-0.4, -0.2) is 23.4 Å². The highest BCUT2D eigenvalue weighted by atomic mass is 79.9. The molecule has 2 aromatic carbocycles. The van der Waals surface area contributed by atoms with Crippen molar-refractivity contribution in [2.24, 2.45) is 0 Å². The van der Waals surface area contributed by atoms with E-state index >= 15 is 0 Å². The number of ether oxygens (including phenoxy) is 1. The normalized spacial score (nSPS) is 10.8. The second-order valence-electron chi connectivity index (χ2n) is 6.63. The Morgan fingerprint density at radius 2 is 2.03 bits per heavy atom. The van der Waals surface area contributed by atoms with E-state index in [0.717, 1.165) is 21.2 Å². The van der Waals surface area contributed by atoms with Gasteiger partial charge in [0, 0.05) is 32.9 Å². The van der Waals surface area contributed by atoms with Gasteiger partial charge in [-0.25, -0.2) is 4.79 Å². The first-order chi connectivity index (χ1) is 15.4. The number of amides is 1. The molecule has 0 bridgehead atoms. The van der Waals surface area contributed by atoms with Crippen LogP contribution in [0, 0.1) is 10.1 Å². The Labute approximate surface area is 194 Å². The van der Waals surface area contributed by atoms with Gasteiger partial charge in [0.2, 0.25) is 0 Å². The number of carbonyl (C=O) groups excluding carboxylic acids is 2. The molecule has 0 fully saturated rings. The zero-order valence-electron chi connectivity index (χ0n) is 16.6. The van der Waals surface area contributed by atoms with Gasteiger partial charge in [0.25, 0.3) is 11.6 Å². The van der Waals surface area contributed by atoms with Crippen LogP contribution in [0.1, 0.15) is 27.8 Å². The Morgan fingerprint density at radius 1 is 1.22 bits per heavy atom. The molecule has 32 heavy (non-hydrogen) atoms. The number of fused-ring (bicyclic) bond motifs is 1. The number of nitrogens with one attached hydrogen (secondary N) is 1. The van der Waals surface area contributed by atoms with E-state index in [-0.39, 0.29) is 28.6 Å². The van der Waals surface area contributed by atoms with E-state index in [1.165, 1.54) is 18.2 Å². The molecule has 0 aliphatic rings. The number of rotatable bonds is 6. The fraction of sp³-hybridized carbons (Fsp3) is 0.0909. The number of anilines is 1. The lowest BCUT2D eigenvalue weighted by Gasteiger charge is -2.08. The summed E-state index contributed by atoms with van der Waals surface area (Å²) in [6.45, 7) is 1.80. The molecular weight excluding hydrogens is 500 g/mol. The highest BCUT2D eigenvalue weighted by Gasteiger charge is 2.25. The van der Waals surface area contributed by atoms with Gasteiger partial charge in [-0.2, -0.15) is 0 Å². The minimum Gasteiger partial charge on any atom is -0.462 e. The second-order valence-corrected chi connectivity index (χ2v) is 8.42. The first-order valence-corrected chi connectivity index (χ1v) is 11.1. The third-order valence-electron chi connectivity index (χ3n) is 4.57. The van der Waals surface area contributed by atoms with Crippen LogP contribution >= 0.6 is 27.3 Å². The predicted octanol–water partition coefficient (Wildman–Crippen LogP) is 6.26. The van der Waals surface area contributed by atoms with Crippen molar-refractivity contribution in [3.8, 4) is 11.1 Å². The van der Waals surface area contributed by atoms with Crippen LogP contribution in [0.2, 0.25) is 0 Å². The fourth-order valence-corrected chi connectivity index (χ4v) is 4.48. The van der Waals surface area contributed by atoms with Gasteiger partial charge in [-0.05, 0) is 36.8 Å². The summed E-state index contributed by atoms with van der Waals surface area (Å²) in [5.41, 5.74) is 1.47. The van der Waals surface area contributed by atoms with Gasteiger partial charge < -0.3 is 14.5 Å². The molecule has 162 valence electrons. The molecule has 8 nitrogen and oxygen atoms in total. The maximum absolute atomic E-state index is 12.8. The topological polar surface area (TPSA) is 112 Å². The number of nitro benzene ring substituents is 1. The van der Waals surface area contributed by atoms with Crippen molar-refractivity contribution in [3.05, 3.63) is 79.8 Å². The molecule has 1 amide bonds. The third-order valence-corrected chi connectivity index (χ3v) is 5.96. The van der Waals surface area contributed by atoms with E-state index in [9.17, 15) is 19.7 Å². The molecule has 0 unspecified atom stereocenters. The van der Waals surface area contributed by atoms with Crippen molar-refractivity contribution >= 4 is 60.8 Å². The number of hydrogen-bond acceptors (Lipinski definition) is 7. The third kappa shape index (κ3) is 4.27. The van der Waals surface area contributed by atoms with Crippen LogP contribution in [0.5, 0.6) is 0 Å². The summed E-state index contributed by atoms with van der Waals surface area (Å²) >= 11 is 4.50. The Balaban J connectivity index is 1.71. The zero-order chi connectivity index (χ0) is 22.8. The van der Waals surface area contributed by atoms with Crippen molar-refractivity contribution in [1.82, 2.24) is 0 Å². The number of furan rings is 1. The van der Waals surface area contributed by atoms with Gasteiger partial charge in [0.15, 0.2) is 5.76 Å². The van der Waals surface area contributed by atoms with E-state index in [2.05, 4.69) is 21.2 Å². The van der Waals surface area contributed by atoms with Crippen LogP contribution in [-0.2, 0) is 4.74 Å². The summed E-state index contributed by atoms with van der Waals surface area (Å²) in [6, 6.07) is 12.9. The number of nitro groups is 1. The largest absolute Gasteiger partial charge is 0.462 e. The molecule has 0 aliphatic heterocycles. The molecule has 1 N–H and O–H groups in total. The number of halogens is 1. The highest BCUT2D eigenvalue weighted by molar-refractivity contribution is 9.10. The lowest BCUT2D eigenvalue weighted by Crippen LogP contribution is -2.14. The molecule has 0 radical (unpaired) electrons. The highest BCUT2D eigenvalue weighted by Crippen LogP contribution is 2.37. The summed E-state index contributed by atoms with van der Waals surface area (Å²) in [5.74, 6) is -1.09. The van der Waals surface area contributed by atoms with E-state index in [4.69, 9.17) is 9.15 Å². The molecule has 0 spiro atoms. The Hall–Kier alpha value is -3.50. The lowest BCUT2D eigenvalue weighted by molar-refractivity contribution is -0.384. The van der Waals surface area contributed by atoms with Gasteiger partial charge in [-0.1, -0.05) is 28.1 Å². The average Bonchev–Trinajstić information content (AvgIpc) is 3.38. The summed E-state index contributed by atoms with van der Waals surface area (Å²) in [4.78, 5) is 36.2. The number of carbonyl (C=O) groups is 2. The second kappa shape index (κ2) is 8.93. The van der Waals surface area contributed by atoms with Gasteiger partial charge in [0.1, 0.15) is 16.1 Å². The summed E-state index contributed by atoms with van der Waals surface area (Å²) in [6.07, 6.45) is 0. The Morgan fingerprint density at radius 3 is 2.78 bits per heavy atom. The maximum Gasteiger partial charge on any atom is 0.341 e. The van der Waals surface area contributed by atoms with E-state index in [0.29, 0.717) is 16.7 Å². The quantitative estimate of drug-likeness (QED) is 0.184. The van der Waals surface area contributed by atoms with Crippen molar-refractivity contribution in [3.63, 3.8) is 0 Å². The van der Waals surface area contributed by atoms with Crippen molar-refractivity contribution in [2.45, 2.75) is 6.92 Å². The number of non-ortho nitro benzene ring substituents is 1. The molecule has 2 aromatic heterocycles. The minimum absolute atomic E-state index is 0.0817. The average molecular weight is 515 g/mol.